The average Bonchev–Trinajstić information content (AvgIpc) is 2.75. The van der Waals surface area contributed by atoms with E-state index in [0.717, 1.165) is 5.75 Å². The van der Waals surface area contributed by atoms with Crippen LogP contribution in [0.2, 0.25) is 5.02 Å². The number of halogens is 1. The van der Waals surface area contributed by atoms with Crippen LogP contribution in [-0.4, -0.2) is 49.1 Å². The Morgan fingerprint density at radius 1 is 1.14 bits per heavy atom. The molecule has 0 saturated heterocycles. The van der Waals surface area contributed by atoms with Crippen LogP contribution in [0.5, 0.6) is 11.5 Å². The topological polar surface area (TPSA) is 67.9 Å². The molecule has 0 fully saturated rings. The summed E-state index contributed by atoms with van der Waals surface area (Å²) in [6.45, 7) is 3.86. The summed E-state index contributed by atoms with van der Waals surface area (Å²) >= 11 is 5.83. The van der Waals surface area contributed by atoms with Gasteiger partial charge in [0.1, 0.15) is 6.61 Å². The monoisotopic (exact) mass is 416 g/mol. The van der Waals surface area contributed by atoms with Gasteiger partial charge in [0, 0.05) is 30.1 Å². The highest BCUT2D eigenvalue weighted by Crippen LogP contribution is 2.31. The molecule has 154 valence electrons. The van der Waals surface area contributed by atoms with Gasteiger partial charge in [-0.25, -0.2) is 0 Å². The minimum atomic E-state index is -0.196. The van der Waals surface area contributed by atoms with Crippen LogP contribution in [0.15, 0.2) is 48.5 Å². The number of para-hydroxylation sites is 2. The second-order valence-corrected chi connectivity index (χ2v) is 7.23. The van der Waals surface area contributed by atoms with Crippen LogP contribution in [0.3, 0.4) is 0 Å². The van der Waals surface area contributed by atoms with E-state index in [1.807, 2.05) is 31.2 Å². The predicted molar refractivity (Wildman–Crippen MR) is 112 cm³/mol. The molecule has 3 rings (SSSR count). The Morgan fingerprint density at radius 2 is 1.86 bits per heavy atom. The fourth-order valence-electron chi connectivity index (χ4n) is 3.11. The van der Waals surface area contributed by atoms with Gasteiger partial charge in [-0.1, -0.05) is 23.7 Å². The lowest BCUT2D eigenvalue weighted by Gasteiger charge is -2.31. The van der Waals surface area contributed by atoms with E-state index in [9.17, 15) is 9.59 Å². The van der Waals surface area contributed by atoms with Crippen molar-refractivity contribution in [1.29, 1.82) is 0 Å². The van der Waals surface area contributed by atoms with E-state index in [1.54, 1.807) is 29.2 Å². The van der Waals surface area contributed by atoms with Gasteiger partial charge in [0.05, 0.1) is 6.54 Å². The molecular weight excluding hydrogens is 392 g/mol. The second-order valence-electron chi connectivity index (χ2n) is 6.80. The van der Waals surface area contributed by atoms with E-state index in [0.29, 0.717) is 55.4 Å². The maximum atomic E-state index is 12.5. The highest BCUT2D eigenvalue weighted by molar-refractivity contribution is 6.30. The molecule has 0 aromatic heterocycles. The van der Waals surface area contributed by atoms with Gasteiger partial charge in [-0.2, -0.15) is 0 Å². The number of amides is 2. The van der Waals surface area contributed by atoms with Crippen LogP contribution < -0.4 is 14.8 Å². The molecule has 0 radical (unpaired) electrons. The van der Waals surface area contributed by atoms with Crippen LogP contribution in [-0.2, 0) is 4.79 Å². The van der Waals surface area contributed by atoms with Gasteiger partial charge in [0.15, 0.2) is 17.6 Å². The van der Waals surface area contributed by atoms with Gasteiger partial charge in [-0.15, -0.1) is 0 Å². The molecule has 7 heteroatoms. The summed E-state index contributed by atoms with van der Waals surface area (Å²) in [4.78, 5) is 26.4. The molecule has 29 heavy (non-hydrogen) atoms. The number of carbonyl (C=O) groups excluding carboxylic acids is 2. The summed E-state index contributed by atoms with van der Waals surface area (Å²) in [5.41, 5.74) is 0.547. The number of hydrogen-bond donors (Lipinski definition) is 1. The fraction of sp³-hybridized carbons (Fsp3) is 0.364. The molecule has 2 aromatic rings. The average molecular weight is 417 g/mol. The number of carbonyl (C=O) groups is 2. The third kappa shape index (κ3) is 5.87. The van der Waals surface area contributed by atoms with E-state index in [1.165, 1.54) is 0 Å². The van der Waals surface area contributed by atoms with Crippen LogP contribution in [0, 0.1) is 0 Å². The molecule has 1 aliphatic rings. The van der Waals surface area contributed by atoms with Crippen molar-refractivity contribution in [2.24, 2.45) is 0 Å². The molecular formula is C22H25ClN2O4. The number of rotatable bonds is 8. The Kier molecular flexibility index (Phi) is 7.36. The molecule has 0 bridgehead atoms. The van der Waals surface area contributed by atoms with E-state index in [2.05, 4.69) is 5.32 Å². The zero-order valence-corrected chi connectivity index (χ0v) is 17.2. The van der Waals surface area contributed by atoms with E-state index in [4.69, 9.17) is 21.1 Å². The van der Waals surface area contributed by atoms with Gasteiger partial charge < -0.3 is 19.7 Å². The standard InChI is InChI=1S/C22H25ClN2O4/c1-2-25(14-18-15-28-19-6-3-4-7-20(19)29-18)21(26)8-5-13-24-22(27)16-9-11-17(23)12-10-16/h3-4,6-7,9-12,18H,2,5,8,13-15H2,1H3,(H,24,27). The van der Waals surface area contributed by atoms with Crippen LogP contribution in [0.25, 0.3) is 0 Å². The molecule has 2 amide bonds. The minimum Gasteiger partial charge on any atom is -0.486 e. The lowest BCUT2D eigenvalue weighted by Crippen LogP contribution is -2.43. The molecule has 0 saturated carbocycles. The maximum Gasteiger partial charge on any atom is 0.251 e. The van der Waals surface area contributed by atoms with Gasteiger partial charge in [-0.05, 0) is 49.7 Å². The van der Waals surface area contributed by atoms with Crippen molar-refractivity contribution in [3.8, 4) is 11.5 Å². The molecule has 2 aromatic carbocycles. The summed E-state index contributed by atoms with van der Waals surface area (Å²) < 4.78 is 11.7. The van der Waals surface area contributed by atoms with Gasteiger partial charge in [0.25, 0.3) is 5.91 Å². The molecule has 1 aliphatic heterocycles. The summed E-state index contributed by atoms with van der Waals surface area (Å²) in [5.74, 6) is 1.30. The number of nitrogens with one attached hydrogen (secondary N) is 1. The molecule has 0 aliphatic carbocycles. The number of hydrogen-bond acceptors (Lipinski definition) is 4. The minimum absolute atomic E-state index is 0.0377. The Bertz CT molecular complexity index is 841. The molecule has 6 nitrogen and oxygen atoms in total. The number of benzene rings is 2. The zero-order chi connectivity index (χ0) is 20.6. The van der Waals surface area contributed by atoms with Crippen LogP contribution >= 0.6 is 11.6 Å². The smallest absolute Gasteiger partial charge is 0.251 e. The first-order valence-electron chi connectivity index (χ1n) is 9.77. The summed E-state index contributed by atoms with van der Waals surface area (Å²) in [7, 11) is 0. The Morgan fingerprint density at radius 3 is 2.59 bits per heavy atom. The maximum absolute atomic E-state index is 12.5. The van der Waals surface area contributed by atoms with Crippen molar-refractivity contribution < 1.29 is 19.1 Å². The van der Waals surface area contributed by atoms with E-state index < -0.39 is 0 Å². The van der Waals surface area contributed by atoms with Crippen molar-refractivity contribution in [2.45, 2.75) is 25.9 Å². The van der Waals surface area contributed by atoms with Crippen LogP contribution in [0.4, 0.5) is 0 Å². The van der Waals surface area contributed by atoms with Crippen molar-refractivity contribution >= 4 is 23.4 Å². The fourth-order valence-corrected chi connectivity index (χ4v) is 3.24. The highest BCUT2D eigenvalue weighted by atomic mass is 35.5. The molecule has 0 spiro atoms. The third-order valence-corrected chi connectivity index (χ3v) is 4.94. The van der Waals surface area contributed by atoms with Gasteiger partial charge >= 0.3 is 0 Å². The van der Waals surface area contributed by atoms with Crippen molar-refractivity contribution in [3.63, 3.8) is 0 Å². The van der Waals surface area contributed by atoms with E-state index >= 15 is 0 Å². The zero-order valence-electron chi connectivity index (χ0n) is 16.4. The molecule has 1 unspecified atom stereocenters. The highest BCUT2D eigenvalue weighted by Gasteiger charge is 2.24. The molecule has 1 heterocycles. The number of nitrogens with zero attached hydrogens (tertiary/aromatic N) is 1. The first-order chi connectivity index (χ1) is 14.1. The Labute approximate surface area is 175 Å². The second kappa shape index (κ2) is 10.2. The number of fused-ring (bicyclic) bond motifs is 1. The van der Waals surface area contributed by atoms with Crippen molar-refractivity contribution in [3.05, 3.63) is 59.1 Å². The predicted octanol–water partition coefficient (Wildman–Crippen LogP) is 3.54. The van der Waals surface area contributed by atoms with Crippen LogP contribution in [0.1, 0.15) is 30.1 Å². The Balaban J connectivity index is 1.41. The first kappa shape index (κ1) is 21.0. The molecule has 1 atom stereocenters. The van der Waals surface area contributed by atoms with E-state index in [-0.39, 0.29) is 17.9 Å². The SMILES string of the molecule is CCN(CC1COc2ccccc2O1)C(=O)CCCNC(=O)c1ccc(Cl)cc1. The summed E-state index contributed by atoms with van der Waals surface area (Å²) in [6, 6.07) is 14.2. The summed E-state index contributed by atoms with van der Waals surface area (Å²) in [5, 5.41) is 3.41. The lowest BCUT2D eigenvalue weighted by molar-refractivity contribution is -0.132. The lowest BCUT2D eigenvalue weighted by atomic mass is 10.2. The first-order valence-corrected chi connectivity index (χ1v) is 10.1. The van der Waals surface area contributed by atoms with Crippen molar-refractivity contribution in [1.82, 2.24) is 10.2 Å². The quantitative estimate of drug-likeness (QED) is 0.668. The largest absolute Gasteiger partial charge is 0.486 e. The third-order valence-electron chi connectivity index (χ3n) is 4.69. The van der Waals surface area contributed by atoms with Gasteiger partial charge in [-0.3, -0.25) is 9.59 Å². The Hall–Kier alpha value is -2.73. The van der Waals surface area contributed by atoms with Crippen molar-refractivity contribution in [2.75, 3.05) is 26.2 Å². The molecule has 1 N–H and O–H groups in total. The normalized spacial score (nSPS) is 14.9. The summed E-state index contributed by atoms with van der Waals surface area (Å²) in [6.07, 6.45) is 0.733. The number of ether oxygens (including phenoxy) is 2. The van der Waals surface area contributed by atoms with Gasteiger partial charge in [0.2, 0.25) is 5.91 Å². The number of likely N-dealkylation sites (N-methyl/N-ethyl adjacent to an activating group) is 1.